The van der Waals surface area contributed by atoms with E-state index in [9.17, 15) is 9.59 Å². The number of aromatic amines is 1. The number of H-pyrrole nitrogens is 1. The van der Waals surface area contributed by atoms with E-state index in [2.05, 4.69) is 19.8 Å². The van der Waals surface area contributed by atoms with Crippen LogP contribution in [0.2, 0.25) is 0 Å². The van der Waals surface area contributed by atoms with Gasteiger partial charge in [0.25, 0.3) is 11.5 Å². The van der Waals surface area contributed by atoms with Crippen molar-refractivity contribution in [1.29, 1.82) is 0 Å². The highest BCUT2D eigenvalue weighted by Gasteiger charge is 2.11. The first kappa shape index (κ1) is 15.9. The zero-order valence-electron chi connectivity index (χ0n) is 11.3. The van der Waals surface area contributed by atoms with Gasteiger partial charge in [0.15, 0.2) is 0 Å². The van der Waals surface area contributed by atoms with Gasteiger partial charge in [-0.3, -0.25) is 14.7 Å². The number of esters is 1. The quantitative estimate of drug-likeness (QED) is 0.843. The molecule has 0 bridgehead atoms. The van der Waals surface area contributed by atoms with Crippen LogP contribution in [0.4, 0.5) is 0 Å². The molecule has 2 aromatic heterocycles. The molecular weight excluding hydrogens is 284 g/mol. The van der Waals surface area contributed by atoms with E-state index >= 15 is 0 Å². The molecule has 0 aliphatic heterocycles. The number of methoxy groups -OCH3 is 1. The van der Waals surface area contributed by atoms with Crippen LogP contribution in [0.25, 0.3) is 5.95 Å². The van der Waals surface area contributed by atoms with Crippen LogP contribution in [-0.4, -0.2) is 32.8 Å². The van der Waals surface area contributed by atoms with Gasteiger partial charge in [-0.05, 0) is 19.9 Å². The fraction of sp³-hybridized carbons (Fsp3) is 0.333. The molecule has 0 atom stereocenters. The maximum absolute atomic E-state index is 11.8. The summed E-state index contributed by atoms with van der Waals surface area (Å²) in [7, 11) is 1.30. The summed E-state index contributed by atoms with van der Waals surface area (Å²) in [5.74, 6) is -0.159. The van der Waals surface area contributed by atoms with Gasteiger partial charge in [0, 0.05) is 23.1 Å². The van der Waals surface area contributed by atoms with E-state index in [-0.39, 0.29) is 30.3 Å². The van der Waals surface area contributed by atoms with Crippen LogP contribution in [0.3, 0.4) is 0 Å². The zero-order chi connectivity index (χ0) is 14.0. The summed E-state index contributed by atoms with van der Waals surface area (Å²) in [6.45, 7) is 3.64. The number of nitrogens with zero attached hydrogens (tertiary/aromatic N) is 3. The molecule has 2 aromatic rings. The normalized spacial score (nSPS) is 9.95. The van der Waals surface area contributed by atoms with Crippen LogP contribution in [0.15, 0.2) is 16.9 Å². The molecular formula is C12H15ClN4O3. The van der Waals surface area contributed by atoms with Crippen molar-refractivity contribution in [3.8, 4) is 5.95 Å². The number of rotatable bonds is 3. The van der Waals surface area contributed by atoms with Crippen molar-refractivity contribution >= 4 is 18.4 Å². The van der Waals surface area contributed by atoms with Gasteiger partial charge in [-0.2, -0.15) is 4.68 Å². The average molecular weight is 299 g/mol. The third kappa shape index (κ3) is 3.45. The first-order valence-corrected chi connectivity index (χ1v) is 5.70. The lowest BCUT2D eigenvalue weighted by Gasteiger charge is -2.03. The second-order valence-electron chi connectivity index (χ2n) is 4.16. The van der Waals surface area contributed by atoms with E-state index in [1.165, 1.54) is 17.9 Å². The Kier molecular flexibility index (Phi) is 5.04. The van der Waals surface area contributed by atoms with E-state index in [1.807, 2.05) is 19.9 Å². The summed E-state index contributed by atoms with van der Waals surface area (Å²) < 4.78 is 5.75. The molecule has 108 valence electrons. The Balaban J connectivity index is 0.00000200. The monoisotopic (exact) mass is 298 g/mol. The van der Waals surface area contributed by atoms with Gasteiger partial charge >= 0.3 is 5.97 Å². The van der Waals surface area contributed by atoms with Gasteiger partial charge in [-0.25, -0.2) is 9.97 Å². The minimum atomic E-state index is -0.422. The number of aromatic nitrogens is 4. The summed E-state index contributed by atoms with van der Waals surface area (Å²) in [6.07, 6.45) is 0.00351. The maximum Gasteiger partial charge on any atom is 0.311 e. The molecule has 20 heavy (non-hydrogen) atoms. The predicted octanol–water partition coefficient (Wildman–Crippen LogP) is 0.710. The Morgan fingerprint density at radius 2 is 1.90 bits per heavy atom. The van der Waals surface area contributed by atoms with Crippen molar-refractivity contribution < 1.29 is 9.53 Å². The number of hydrogen-bond acceptors (Lipinski definition) is 5. The second kappa shape index (κ2) is 6.33. The number of carbonyl (C=O) groups excluding carboxylic acids is 1. The molecule has 0 radical (unpaired) electrons. The van der Waals surface area contributed by atoms with Gasteiger partial charge in [-0.1, -0.05) is 0 Å². The summed E-state index contributed by atoms with van der Waals surface area (Å²) in [6, 6.07) is 3.14. The van der Waals surface area contributed by atoms with Crippen molar-refractivity contribution in [1.82, 2.24) is 19.7 Å². The van der Waals surface area contributed by atoms with Crippen LogP contribution >= 0.6 is 12.4 Å². The van der Waals surface area contributed by atoms with Crippen LogP contribution in [0, 0.1) is 13.8 Å². The third-order valence-corrected chi connectivity index (χ3v) is 2.51. The summed E-state index contributed by atoms with van der Waals surface area (Å²) in [4.78, 5) is 31.4. The Labute approximate surface area is 121 Å². The summed E-state index contributed by atoms with van der Waals surface area (Å²) in [5.41, 5.74) is 1.67. The predicted molar refractivity (Wildman–Crippen MR) is 74.4 cm³/mol. The molecule has 1 N–H and O–H groups in total. The Morgan fingerprint density at radius 3 is 2.45 bits per heavy atom. The molecule has 0 aliphatic rings. The van der Waals surface area contributed by atoms with E-state index in [4.69, 9.17) is 0 Å². The van der Waals surface area contributed by atoms with Gasteiger partial charge in [0.2, 0.25) is 0 Å². The SMILES string of the molecule is COC(=O)Cc1cc(=O)n(-c2nc(C)cc(C)n2)[nH]1.Cl. The molecule has 0 amide bonds. The Hall–Kier alpha value is -2.15. The standard InChI is InChI=1S/C12H14N4O3.ClH/c1-7-4-8(2)14-12(13-7)16-10(17)5-9(15-16)6-11(18)19-3;/h4-5,15H,6H2,1-3H3;1H. The molecule has 0 unspecified atom stereocenters. The number of aryl methyl sites for hydroxylation is 2. The lowest BCUT2D eigenvalue weighted by atomic mass is 10.3. The van der Waals surface area contributed by atoms with Gasteiger partial charge < -0.3 is 4.74 Å². The lowest BCUT2D eigenvalue weighted by Crippen LogP contribution is -2.17. The first-order chi connectivity index (χ1) is 8.99. The maximum atomic E-state index is 11.8. The smallest absolute Gasteiger partial charge is 0.311 e. The van der Waals surface area contributed by atoms with Crippen molar-refractivity contribution in [3.63, 3.8) is 0 Å². The molecule has 8 heteroatoms. The first-order valence-electron chi connectivity index (χ1n) is 5.70. The highest BCUT2D eigenvalue weighted by molar-refractivity contribution is 5.85. The fourth-order valence-corrected chi connectivity index (χ4v) is 1.72. The lowest BCUT2D eigenvalue weighted by molar-refractivity contribution is -0.139. The highest BCUT2D eigenvalue weighted by Crippen LogP contribution is 2.03. The zero-order valence-corrected chi connectivity index (χ0v) is 12.2. The average Bonchev–Trinajstić information content (AvgIpc) is 2.68. The Morgan fingerprint density at radius 1 is 1.30 bits per heavy atom. The van der Waals surface area contributed by atoms with Crippen molar-refractivity contribution in [3.05, 3.63) is 39.6 Å². The largest absolute Gasteiger partial charge is 0.469 e. The third-order valence-electron chi connectivity index (χ3n) is 2.51. The molecule has 0 fully saturated rings. The molecule has 2 heterocycles. The molecule has 0 aliphatic carbocycles. The number of carbonyl (C=O) groups is 1. The number of halogens is 1. The molecule has 2 rings (SSSR count). The van der Waals surface area contributed by atoms with Crippen LogP contribution in [-0.2, 0) is 16.0 Å². The van der Waals surface area contributed by atoms with E-state index in [0.29, 0.717) is 5.69 Å². The minimum absolute atomic E-state index is 0. The van der Waals surface area contributed by atoms with Gasteiger partial charge in [0.1, 0.15) is 0 Å². The minimum Gasteiger partial charge on any atom is -0.469 e. The molecule has 0 saturated carbocycles. The summed E-state index contributed by atoms with van der Waals surface area (Å²) >= 11 is 0. The van der Waals surface area contributed by atoms with Crippen molar-refractivity contribution in [2.24, 2.45) is 0 Å². The molecule has 7 nitrogen and oxygen atoms in total. The summed E-state index contributed by atoms with van der Waals surface area (Å²) in [5, 5.41) is 2.80. The van der Waals surface area contributed by atoms with Crippen LogP contribution < -0.4 is 5.56 Å². The van der Waals surface area contributed by atoms with E-state index < -0.39 is 5.97 Å². The molecule has 0 saturated heterocycles. The van der Waals surface area contributed by atoms with E-state index in [0.717, 1.165) is 11.4 Å². The van der Waals surface area contributed by atoms with Gasteiger partial charge in [0.05, 0.1) is 13.5 Å². The number of ether oxygens (including phenoxy) is 1. The van der Waals surface area contributed by atoms with Crippen molar-refractivity contribution in [2.75, 3.05) is 7.11 Å². The molecule has 0 spiro atoms. The topological polar surface area (TPSA) is 89.9 Å². The Bertz CT molecular complexity index is 657. The highest BCUT2D eigenvalue weighted by atomic mass is 35.5. The van der Waals surface area contributed by atoms with Crippen molar-refractivity contribution in [2.45, 2.75) is 20.3 Å². The van der Waals surface area contributed by atoms with E-state index in [1.54, 1.807) is 0 Å². The number of hydrogen-bond donors (Lipinski definition) is 1. The van der Waals surface area contributed by atoms with Crippen LogP contribution in [0.5, 0.6) is 0 Å². The van der Waals surface area contributed by atoms with Gasteiger partial charge in [-0.15, -0.1) is 12.4 Å². The second-order valence-corrected chi connectivity index (χ2v) is 4.16. The number of nitrogens with one attached hydrogen (secondary N) is 1. The van der Waals surface area contributed by atoms with Crippen LogP contribution in [0.1, 0.15) is 17.1 Å². The molecule has 0 aromatic carbocycles. The fourth-order valence-electron chi connectivity index (χ4n) is 1.72.